The highest BCUT2D eigenvalue weighted by molar-refractivity contribution is 6.33. The molecular weight excluding hydrogens is 374 g/mol. The maximum absolute atomic E-state index is 12.7. The number of anilines is 1. The van der Waals surface area contributed by atoms with E-state index < -0.39 is 0 Å². The first-order chi connectivity index (χ1) is 13.7. The van der Waals surface area contributed by atoms with Gasteiger partial charge in [0, 0.05) is 19.0 Å². The summed E-state index contributed by atoms with van der Waals surface area (Å²) in [6.07, 6.45) is 2.68. The maximum atomic E-state index is 12.7. The summed E-state index contributed by atoms with van der Waals surface area (Å²) in [6, 6.07) is 17.9. The molecule has 0 bridgehead atoms. The van der Waals surface area contributed by atoms with Crippen LogP contribution >= 0.6 is 11.6 Å². The molecule has 1 unspecified atom stereocenters. The van der Waals surface area contributed by atoms with E-state index in [4.69, 9.17) is 16.3 Å². The van der Waals surface area contributed by atoms with E-state index in [1.807, 2.05) is 48.5 Å². The van der Waals surface area contributed by atoms with Crippen molar-refractivity contribution in [3.8, 4) is 5.75 Å². The van der Waals surface area contributed by atoms with Crippen molar-refractivity contribution in [1.29, 1.82) is 0 Å². The second kappa shape index (κ2) is 8.07. The van der Waals surface area contributed by atoms with Crippen molar-refractivity contribution in [1.82, 2.24) is 9.78 Å². The number of nitrogens with zero attached hydrogens (tertiary/aromatic N) is 3. The number of aromatic nitrogens is 2. The summed E-state index contributed by atoms with van der Waals surface area (Å²) in [7, 11) is 1.69. The zero-order chi connectivity index (χ0) is 19.5. The lowest BCUT2D eigenvalue weighted by molar-refractivity contribution is 0.406. The Hall–Kier alpha value is -2.79. The Morgan fingerprint density at radius 2 is 1.89 bits per heavy atom. The summed E-state index contributed by atoms with van der Waals surface area (Å²) in [6.45, 7) is 2.01. The summed E-state index contributed by atoms with van der Waals surface area (Å²) in [5.74, 6) is 1.23. The van der Waals surface area contributed by atoms with E-state index in [9.17, 15) is 4.79 Å². The number of benzene rings is 2. The summed E-state index contributed by atoms with van der Waals surface area (Å²) in [5, 5.41) is 4.59. The predicted octanol–water partition coefficient (Wildman–Crippen LogP) is 3.95. The number of para-hydroxylation sites is 1. The molecule has 1 saturated heterocycles. The van der Waals surface area contributed by atoms with Gasteiger partial charge in [-0.2, -0.15) is 5.10 Å². The SMILES string of the molecule is COc1ccccc1C1CCN(c2cnn(Cc3ccccc3)c(=O)c2Cl)C1. The first kappa shape index (κ1) is 18.6. The van der Waals surface area contributed by atoms with Gasteiger partial charge in [0.1, 0.15) is 10.8 Å². The fraction of sp³-hybridized carbons (Fsp3) is 0.273. The Kier molecular flexibility index (Phi) is 5.35. The van der Waals surface area contributed by atoms with Crippen molar-refractivity contribution >= 4 is 17.3 Å². The van der Waals surface area contributed by atoms with Gasteiger partial charge in [0.25, 0.3) is 5.56 Å². The maximum Gasteiger partial charge on any atom is 0.287 e. The molecule has 0 spiro atoms. The van der Waals surface area contributed by atoms with E-state index in [1.54, 1.807) is 13.3 Å². The van der Waals surface area contributed by atoms with Crippen LogP contribution in [0.2, 0.25) is 5.02 Å². The van der Waals surface area contributed by atoms with Gasteiger partial charge in [0.05, 0.1) is 25.5 Å². The molecule has 28 heavy (non-hydrogen) atoms. The minimum absolute atomic E-state index is 0.228. The summed E-state index contributed by atoms with van der Waals surface area (Å²) in [5.41, 5.74) is 2.64. The number of hydrogen-bond donors (Lipinski definition) is 0. The van der Waals surface area contributed by atoms with E-state index in [0.717, 1.165) is 30.8 Å². The Balaban J connectivity index is 1.55. The van der Waals surface area contributed by atoms with Gasteiger partial charge < -0.3 is 9.64 Å². The smallest absolute Gasteiger partial charge is 0.287 e. The molecule has 0 amide bonds. The summed E-state index contributed by atoms with van der Waals surface area (Å²) < 4.78 is 6.92. The number of halogens is 1. The van der Waals surface area contributed by atoms with Crippen LogP contribution in [0.3, 0.4) is 0 Å². The number of hydrogen-bond acceptors (Lipinski definition) is 4. The minimum Gasteiger partial charge on any atom is -0.496 e. The first-order valence-electron chi connectivity index (χ1n) is 9.35. The zero-order valence-electron chi connectivity index (χ0n) is 15.7. The van der Waals surface area contributed by atoms with Crippen LogP contribution in [0.4, 0.5) is 5.69 Å². The van der Waals surface area contributed by atoms with Crippen molar-refractivity contribution in [2.45, 2.75) is 18.9 Å². The van der Waals surface area contributed by atoms with E-state index in [1.165, 1.54) is 10.2 Å². The van der Waals surface area contributed by atoms with Crippen molar-refractivity contribution in [2.75, 3.05) is 25.1 Å². The molecule has 5 nitrogen and oxygen atoms in total. The normalized spacial score (nSPS) is 16.4. The molecule has 4 rings (SSSR count). The van der Waals surface area contributed by atoms with Gasteiger partial charge in [0.15, 0.2) is 0 Å². The molecule has 0 N–H and O–H groups in total. The molecule has 1 aliphatic heterocycles. The van der Waals surface area contributed by atoms with Crippen LogP contribution in [0.25, 0.3) is 0 Å². The molecular formula is C22H22ClN3O2. The molecule has 0 radical (unpaired) electrons. The minimum atomic E-state index is -0.260. The van der Waals surface area contributed by atoms with Crippen molar-refractivity contribution < 1.29 is 4.74 Å². The molecule has 2 aromatic carbocycles. The van der Waals surface area contributed by atoms with Crippen molar-refractivity contribution in [3.63, 3.8) is 0 Å². The van der Waals surface area contributed by atoms with Gasteiger partial charge in [-0.15, -0.1) is 0 Å². The Bertz CT molecular complexity index is 1020. The van der Waals surface area contributed by atoms with Crippen molar-refractivity contribution in [3.05, 3.63) is 87.3 Å². The Labute approximate surface area is 169 Å². The molecule has 1 atom stereocenters. The van der Waals surface area contributed by atoms with Gasteiger partial charge in [-0.25, -0.2) is 4.68 Å². The molecule has 0 aliphatic carbocycles. The third-order valence-corrected chi connectivity index (χ3v) is 5.60. The molecule has 1 fully saturated rings. The highest BCUT2D eigenvalue weighted by Gasteiger charge is 2.28. The van der Waals surface area contributed by atoms with Crippen LogP contribution in [0.1, 0.15) is 23.5 Å². The molecule has 2 heterocycles. The highest BCUT2D eigenvalue weighted by atomic mass is 35.5. The van der Waals surface area contributed by atoms with E-state index in [0.29, 0.717) is 18.2 Å². The lowest BCUT2D eigenvalue weighted by atomic mass is 9.97. The fourth-order valence-corrected chi connectivity index (χ4v) is 4.05. The average Bonchev–Trinajstić information content (AvgIpc) is 3.22. The van der Waals surface area contributed by atoms with Crippen LogP contribution in [0, 0.1) is 0 Å². The third kappa shape index (κ3) is 3.62. The summed E-state index contributed by atoms with van der Waals surface area (Å²) >= 11 is 6.46. The lowest BCUT2D eigenvalue weighted by Crippen LogP contribution is -2.28. The highest BCUT2D eigenvalue weighted by Crippen LogP contribution is 2.36. The molecule has 6 heteroatoms. The van der Waals surface area contributed by atoms with Crippen molar-refractivity contribution in [2.24, 2.45) is 0 Å². The summed E-state index contributed by atoms with van der Waals surface area (Å²) in [4.78, 5) is 14.9. The fourth-order valence-electron chi connectivity index (χ4n) is 3.78. The van der Waals surface area contributed by atoms with Gasteiger partial charge in [-0.05, 0) is 23.6 Å². The molecule has 0 saturated carbocycles. The van der Waals surface area contributed by atoms with Crippen LogP contribution < -0.4 is 15.2 Å². The molecule has 1 aromatic heterocycles. The lowest BCUT2D eigenvalue weighted by Gasteiger charge is -2.20. The Morgan fingerprint density at radius 1 is 1.14 bits per heavy atom. The Morgan fingerprint density at radius 3 is 2.68 bits per heavy atom. The second-order valence-corrected chi connectivity index (χ2v) is 7.34. The predicted molar refractivity (Wildman–Crippen MR) is 112 cm³/mol. The van der Waals surface area contributed by atoms with Gasteiger partial charge in [-0.3, -0.25) is 4.79 Å². The zero-order valence-corrected chi connectivity index (χ0v) is 16.5. The van der Waals surface area contributed by atoms with Crippen LogP contribution in [-0.4, -0.2) is 30.0 Å². The first-order valence-corrected chi connectivity index (χ1v) is 9.72. The van der Waals surface area contributed by atoms with Gasteiger partial charge in [-0.1, -0.05) is 60.1 Å². The number of rotatable bonds is 5. The van der Waals surface area contributed by atoms with Crippen LogP contribution in [0.15, 0.2) is 65.6 Å². The van der Waals surface area contributed by atoms with Crippen LogP contribution in [-0.2, 0) is 6.54 Å². The van der Waals surface area contributed by atoms with E-state index in [-0.39, 0.29) is 10.6 Å². The molecule has 144 valence electrons. The number of methoxy groups -OCH3 is 1. The molecule has 1 aliphatic rings. The standard InChI is InChI=1S/C22H22ClN3O2/c1-28-20-10-6-5-9-18(20)17-11-12-25(15-17)19-13-24-26(22(27)21(19)23)14-16-7-3-2-4-8-16/h2-10,13,17H,11-12,14-15H2,1H3. The second-order valence-electron chi connectivity index (χ2n) is 6.97. The van der Waals surface area contributed by atoms with E-state index >= 15 is 0 Å². The largest absolute Gasteiger partial charge is 0.496 e. The third-order valence-electron chi connectivity index (χ3n) is 5.25. The monoisotopic (exact) mass is 395 g/mol. The molecule has 3 aromatic rings. The van der Waals surface area contributed by atoms with Gasteiger partial charge in [0.2, 0.25) is 0 Å². The van der Waals surface area contributed by atoms with Crippen LogP contribution in [0.5, 0.6) is 5.75 Å². The number of ether oxygens (including phenoxy) is 1. The van der Waals surface area contributed by atoms with E-state index in [2.05, 4.69) is 16.1 Å². The van der Waals surface area contributed by atoms with Gasteiger partial charge >= 0.3 is 0 Å². The average molecular weight is 396 g/mol. The quantitative estimate of drug-likeness (QED) is 0.656. The topological polar surface area (TPSA) is 47.4 Å².